The van der Waals surface area contributed by atoms with Crippen LogP contribution >= 0.6 is 15.9 Å². The molecular weight excluding hydrogens is 266 g/mol. The summed E-state index contributed by atoms with van der Waals surface area (Å²) in [5, 5.41) is 3.51. The number of nitrogen functional groups attached to an aromatic ring is 1. The number of rotatable bonds is 2. The minimum absolute atomic E-state index is 0.350. The van der Waals surface area contributed by atoms with Crippen LogP contribution in [0.5, 0.6) is 0 Å². The zero-order valence-electron chi connectivity index (χ0n) is 9.76. The van der Waals surface area contributed by atoms with Gasteiger partial charge in [0, 0.05) is 6.04 Å². The molecule has 88 valence electrons. The van der Waals surface area contributed by atoms with E-state index in [4.69, 9.17) is 5.73 Å². The Kier molecular flexibility index (Phi) is 3.10. The Hall–Kier alpha value is -0.770. The van der Waals surface area contributed by atoms with E-state index in [2.05, 4.69) is 40.1 Å². The fourth-order valence-electron chi connectivity index (χ4n) is 2.32. The minimum atomic E-state index is 0.350. The number of nitrogens with zero attached hydrogens (tertiary/aromatic N) is 1. The van der Waals surface area contributed by atoms with Crippen LogP contribution in [-0.4, -0.2) is 11.0 Å². The van der Waals surface area contributed by atoms with Gasteiger partial charge < -0.3 is 11.1 Å². The predicted molar refractivity (Wildman–Crippen MR) is 71.4 cm³/mol. The summed E-state index contributed by atoms with van der Waals surface area (Å²) in [7, 11) is 0. The van der Waals surface area contributed by atoms with Crippen LogP contribution < -0.4 is 11.1 Å². The molecule has 1 fully saturated rings. The highest BCUT2D eigenvalue weighted by molar-refractivity contribution is 9.10. The topological polar surface area (TPSA) is 50.9 Å². The van der Waals surface area contributed by atoms with Crippen LogP contribution in [0.4, 0.5) is 11.5 Å². The summed E-state index contributed by atoms with van der Waals surface area (Å²) >= 11 is 3.49. The number of pyridine rings is 1. The second-order valence-corrected chi connectivity index (χ2v) is 6.03. The highest BCUT2D eigenvalue weighted by Crippen LogP contribution is 2.39. The molecule has 2 rings (SSSR count). The first-order chi connectivity index (χ1) is 7.49. The van der Waals surface area contributed by atoms with Crippen molar-refractivity contribution in [3.8, 4) is 0 Å². The highest BCUT2D eigenvalue weighted by Gasteiger charge is 2.34. The summed E-state index contributed by atoms with van der Waals surface area (Å²) in [4.78, 5) is 4.32. The summed E-state index contributed by atoms with van der Waals surface area (Å²) in [6.45, 7) is 4.62. The van der Waals surface area contributed by atoms with E-state index in [0.29, 0.717) is 17.1 Å². The first-order valence-electron chi connectivity index (χ1n) is 5.66. The molecule has 4 heteroatoms. The smallest absolute Gasteiger partial charge is 0.140 e. The first-order valence-corrected chi connectivity index (χ1v) is 6.46. The van der Waals surface area contributed by atoms with Crippen molar-refractivity contribution in [2.45, 2.75) is 39.2 Å². The number of nitrogens with one attached hydrogen (secondary N) is 1. The maximum atomic E-state index is 5.67. The van der Waals surface area contributed by atoms with Crippen LogP contribution in [0, 0.1) is 5.41 Å². The largest absolute Gasteiger partial charge is 0.397 e. The summed E-state index contributed by atoms with van der Waals surface area (Å²) < 4.78 is 0.940. The molecule has 0 saturated heterocycles. The van der Waals surface area contributed by atoms with E-state index in [1.807, 2.05) is 6.07 Å². The quantitative estimate of drug-likeness (QED) is 0.875. The van der Waals surface area contributed by atoms with Gasteiger partial charge in [-0.2, -0.15) is 0 Å². The first kappa shape index (κ1) is 11.7. The Morgan fingerprint density at radius 1 is 1.56 bits per heavy atom. The highest BCUT2D eigenvalue weighted by atomic mass is 79.9. The Morgan fingerprint density at radius 3 is 2.88 bits per heavy atom. The molecular formula is C12H18BrN3. The Bertz CT molecular complexity index is 390. The molecule has 0 aromatic carbocycles. The van der Waals surface area contributed by atoms with E-state index in [-0.39, 0.29) is 0 Å². The van der Waals surface area contributed by atoms with Gasteiger partial charge in [-0.3, -0.25) is 0 Å². The molecule has 0 radical (unpaired) electrons. The van der Waals surface area contributed by atoms with Gasteiger partial charge in [-0.15, -0.1) is 0 Å². The molecule has 0 aliphatic heterocycles. The summed E-state index contributed by atoms with van der Waals surface area (Å²) in [5.74, 6) is 0.897. The van der Waals surface area contributed by atoms with Crippen LogP contribution in [-0.2, 0) is 0 Å². The molecule has 1 aliphatic rings. The molecule has 1 heterocycles. The van der Waals surface area contributed by atoms with Gasteiger partial charge in [0.2, 0.25) is 0 Å². The molecule has 1 unspecified atom stereocenters. The molecule has 1 aromatic heterocycles. The van der Waals surface area contributed by atoms with Crippen molar-refractivity contribution in [2.24, 2.45) is 5.41 Å². The number of hydrogen-bond acceptors (Lipinski definition) is 3. The molecule has 3 nitrogen and oxygen atoms in total. The van der Waals surface area contributed by atoms with Gasteiger partial charge in [0.05, 0.1) is 16.4 Å². The molecule has 16 heavy (non-hydrogen) atoms. The second-order valence-electron chi connectivity index (χ2n) is 5.18. The minimum Gasteiger partial charge on any atom is -0.397 e. The van der Waals surface area contributed by atoms with Gasteiger partial charge in [0.15, 0.2) is 0 Å². The third-order valence-corrected chi connectivity index (χ3v) is 4.04. The molecule has 0 spiro atoms. The van der Waals surface area contributed by atoms with E-state index >= 15 is 0 Å². The van der Waals surface area contributed by atoms with E-state index in [1.54, 1.807) is 6.20 Å². The van der Waals surface area contributed by atoms with Crippen molar-refractivity contribution >= 4 is 27.4 Å². The van der Waals surface area contributed by atoms with Crippen molar-refractivity contribution < 1.29 is 0 Å². The van der Waals surface area contributed by atoms with Crippen molar-refractivity contribution in [3.63, 3.8) is 0 Å². The normalized spacial score (nSPS) is 23.3. The Balaban J connectivity index is 2.15. The van der Waals surface area contributed by atoms with E-state index in [9.17, 15) is 0 Å². The summed E-state index contributed by atoms with van der Waals surface area (Å²) in [6.07, 6.45) is 5.47. The van der Waals surface area contributed by atoms with Crippen molar-refractivity contribution in [1.82, 2.24) is 4.98 Å². The maximum Gasteiger partial charge on any atom is 0.140 e. The van der Waals surface area contributed by atoms with Gasteiger partial charge in [0.1, 0.15) is 5.82 Å². The fourth-order valence-corrected chi connectivity index (χ4v) is 2.80. The van der Waals surface area contributed by atoms with Crippen molar-refractivity contribution in [2.75, 3.05) is 11.1 Å². The molecule has 1 atom stereocenters. The van der Waals surface area contributed by atoms with Crippen LogP contribution in [0.25, 0.3) is 0 Å². The van der Waals surface area contributed by atoms with Crippen LogP contribution in [0.3, 0.4) is 0 Å². The molecule has 0 amide bonds. The number of hydrogen-bond donors (Lipinski definition) is 2. The zero-order chi connectivity index (χ0) is 11.8. The number of nitrogens with two attached hydrogens (primary N) is 1. The Morgan fingerprint density at radius 2 is 2.31 bits per heavy atom. The average molecular weight is 284 g/mol. The van der Waals surface area contributed by atoms with E-state index < -0.39 is 0 Å². The SMILES string of the molecule is CC1(C)CCCC1Nc1ncc(N)cc1Br. The van der Waals surface area contributed by atoms with Gasteiger partial charge in [-0.1, -0.05) is 20.3 Å². The third kappa shape index (κ3) is 2.32. The fraction of sp³-hybridized carbons (Fsp3) is 0.583. The van der Waals surface area contributed by atoms with Crippen molar-refractivity contribution in [1.29, 1.82) is 0 Å². The monoisotopic (exact) mass is 283 g/mol. The summed E-state index contributed by atoms with van der Waals surface area (Å²) in [5.41, 5.74) is 6.70. The van der Waals surface area contributed by atoms with E-state index in [0.717, 1.165) is 10.3 Å². The van der Waals surface area contributed by atoms with Crippen LogP contribution in [0.15, 0.2) is 16.7 Å². The van der Waals surface area contributed by atoms with Crippen molar-refractivity contribution in [3.05, 3.63) is 16.7 Å². The third-order valence-electron chi connectivity index (χ3n) is 3.43. The predicted octanol–water partition coefficient (Wildman–Crippen LogP) is 3.42. The lowest BCUT2D eigenvalue weighted by atomic mass is 9.87. The summed E-state index contributed by atoms with van der Waals surface area (Å²) in [6, 6.07) is 2.39. The lowest BCUT2D eigenvalue weighted by molar-refractivity contribution is 0.349. The average Bonchev–Trinajstić information content (AvgIpc) is 2.50. The van der Waals surface area contributed by atoms with Crippen LogP contribution in [0.1, 0.15) is 33.1 Å². The van der Waals surface area contributed by atoms with E-state index in [1.165, 1.54) is 19.3 Å². The lowest BCUT2D eigenvalue weighted by Crippen LogP contribution is -2.31. The molecule has 1 aliphatic carbocycles. The molecule has 1 saturated carbocycles. The van der Waals surface area contributed by atoms with Crippen LogP contribution in [0.2, 0.25) is 0 Å². The molecule has 3 N–H and O–H groups in total. The Labute approximate surface area is 105 Å². The molecule has 1 aromatic rings. The second kappa shape index (κ2) is 4.24. The maximum absolute atomic E-state index is 5.67. The zero-order valence-corrected chi connectivity index (χ0v) is 11.3. The number of anilines is 2. The van der Waals surface area contributed by atoms with Gasteiger partial charge in [-0.05, 0) is 40.3 Å². The van der Waals surface area contributed by atoms with Gasteiger partial charge >= 0.3 is 0 Å². The molecule has 0 bridgehead atoms. The lowest BCUT2D eigenvalue weighted by Gasteiger charge is -2.28. The van der Waals surface area contributed by atoms with Gasteiger partial charge in [0.25, 0.3) is 0 Å². The van der Waals surface area contributed by atoms with Gasteiger partial charge in [-0.25, -0.2) is 4.98 Å². The number of aromatic nitrogens is 1. The standard InChI is InChI=1S/C12H18BrN3/c1-12(2)5-3-4-10(12)16-11-9(13)6-8(14)7-15-11/h6-7,10H,3-5,14H2,1-2H3,(H,15,16). The number of halogens is 1.